The number of rotatable bonds is 3. The topological polar surface area (TPSA) is 62.2 Å². The highest BCUT2D eigenvalue weighted by Gasteiger charge is 2.22. The number of nitrogens with zero attached hydrogens (tertiary/aromatic N) is 1. The van der Waals surface area contributed by atoms with E-state index < -0.39 is 0 Å². The van der Waals surface area contributed by atoms with Gasteiger partial charge < -0.3 is 10.4 Å². The van der Waals surface area contributed by atoms with Crippen LogP contribution >= 0.6 is 0 Å². The van der Waals surface area contributed by atoms with Crippen LogP contribution in [0.1, 0.15) is 36.5 Å². The Morgan fingerprint density at radius 3 is 3.06 bits per heavy atom. The summed E-state index contributed by atoms with van der Waals surface area (Å²) in [5.74, 6) is 1.07. The highest BCUT2D eigenvalue weighted by atomic mass is 16.3. The van der Waals surface area contributed by atoms with Gasteiger partial charge in [-0.1, -0.05) is 13.3 Å². The standard InChI is InChI=1S/C13H18N2O2/c1-9-2-3-10(6-9)7-15-13(17)11-4-5-14-8-12(11)16/h4-5,8-10,16H,2-3,6-7H2,1H3,(H,15,17). The molecule has 0 aromatic carbocycles. The summed E-state index contributed by atoms with van der Waals surface area (Å²) in [6.45, 7) is 2.95. The summed E-state index contributed by atoms with van der Waals surface area (Å²) in [6, 6.07) is 1.53. The van der Waals surface area contributed by atoms with Crippen LogP contribution in [-0.4, -0.2) is 22.5 Å². The fraction of sp³-hybridized carbons (Fsp3) is 0.538. The van der Waals surface area contributed by atoms with Gasteiger partial charge in [0.05, 0.1) is 11.8 Å². The first-order valence-electron chi connectivity index (χ1n) is 6.08. The van der Waals surface area contributed by atoms with Crippen LogP contribution in [0.4, 0.5) is 0 Å². The summed E-state index contributed by atoms with van der Waals surface area (Å²) >= 11 is 0. The van der Waals surface area contributed by atoms with E-state index in [0.717, 1.165) is 5.92 Å². The molecule has 1 aromatic heterocycles. The van der Waals surface area contributed by atoms with Crippen molar-refractivity contribution < 1.29 is 9.90 Å². The smallest absolute Gasteiger partial charge is 0.255 e. The minimum absolute atomic E-state index is 0.0650. The van der Waals surface area contributed by atoms with Crippen LogP contribution in [0.5, 0.6) is 5.75 Å². The van der Waals surface area contributed by atoms with Crippen molar-refractivity contribution in [3.05, 3.63) is 24.0 Å². The summed E-state index contributed by atoms with van der Waals surface area (Å²) in [6.07, 6.45) is 6.41. The van der Waals surface area contributed by atoms with Gasteiger partial charge in [0.15, 0.2) is 0 Å². The Morgan fingerprint density at radius 1 is 1.59 bits per heavy atom. The van der Waals surface area contributed by atoms with Crippen molar-refractivity contribution >= 4 is 5.91 Å². The van der Waals surface area contributed by atoms with Crippen LogP contribution in [0.3, 0.4) is 0 Å². The molecule has 4 heteroatoms. The zero-order chi connectivity index (χ0) is 12.3. The Hall–Kier alpha value is -1.58. The van der Waals surface area contributed by atoms with Crippen LogP contribution in [0.2, 0.25) is 0 Å². The number of aromatic hydroxyl groups is 1. The zero-order valence-corrected chi connectivity index (χ0v) is 10.0. The number of carbonyl (C=O) groups excluding carboxylic acids is 1. The summed E-state index contributed by atoms with van der Waals surface area (Å²) in [5, 5.41) is 12.4. The minimum Gasteiger partial charge on any atom is -0.505 e. The Labute approximate surface area is 101 Å². The second kappa shape index (κ2) is 5.17. The molecule has 0 bridgehead atoms. The Bertz CT molecular complexity index is 406. The number of hydrogen-bond acceptors (Lipinski definition) is 3. The maximum absolute atomic E-state index is 11.8. The van der Waals surface area contributed by atoms with Crippen molar-refractivity contribution in [1.82, 2.24) is 10.3 Å². The molecular formula is C13H18N2O2. The molecule has 1 aliphatic carbocycles. The Balaban J connectivity index is 1.88. The fourth-order valence-electron chi connectivity index (χ4n) is 2.42. The van der Waals surface area contributed by atoms with Gasteiger partial charge in [-0.05, 0) is 30.7 Å². The predicted molar refractivity (Wildman–Crippen MR) is 64.7 cm³/mol. The molecule has 0 spiro atoms. The fourth-order valence-corrected chi connectivity index (χ4v) is 2.42. The van der Waals surface area contributed by atoms with Crippen molar-refractivity contribution in [3.63, 3.8) is 0 Å². The van der Waals surface area contributed by atoms with Crippen LogP contribution in [0, 0.1) is 11.8 Å². The van der Waals surface area contributed by atoms with Gasteiger partial charge in [-0.2, -0.15) is 0 Å². The molecule has 2 atom stereocenters. The molecule has 1 amide bonds. The monoisotopic (exact) mass is 234 g/mol. The number of amides is 1. The van der Waals surface area contributed by atoms with E-state index in [4.69, 9.17) is 0 Å². The molecule has 0 saturated heterocycles. The number of hydrogen-bond donors (Lipinski definition) is 2. The lowest BCUT2D eigenvalue weighted by molar-refractivity contribution is 0.0944. The maximum Gasteiger partial charge on any atom is 0.255 e. The molecular weight excluding hydrogens is 216 g/mol. The Kier molecular flexibility index (Phi) is 3.61. The first-order chi connectivity index (χ1) is 8.16. The van der Waals surface area contributed by atoms with Crippen LogP contribution in [0.15, 0.2) is 18.5 Å². The van der Waals surface area contributed by atoms with E-state index in [1.807, 2.05) is 0 Å². The van der Waals surface area contributed by atoms with Gasteiger partial charge in [-0.3, -0.25) is 9.78 Å². The largest absolute Gasteiger partial charge is 0.505 e. The van der Waals surface area contributed by atoms with Gasteiger partial charge >= 0.3 is 0 Å². The highest BCUT2D eigenvalue weighted by molar-refractivity contribution is 5.96. The second-order valence-corrected chi connectivity index (χ2v) is 4.89. The third-order valence-electron chi connectivity index (χ3n) is 3.40. The van der Waals surface area contributed by atoms with E-state index in [0.29, 0.717) is 18.0 Å². The number of carbonyl (C=O) groups is 1. The molecule has 1 aliphatic rings. The average molecular weight is 234 g/mol. The Morgan fingerprint density at radius 2 is 2.41 bits per heavy atom. The highest BCUT2D eigenvalue weighted by Crippen LogP contribution is 2.29. The molecule has 0 aliphatic heterocycles. The predicted octanol–water partition coefficient (Wildman–Crippen LogP) is 1.95. The van der Waals surface area contributed by atoms with Gasteiger partial charge in [-0.15, -0.1) is 0 Å². The van der Waals surface area contributed by atoms with Crippen molar-refractivity contribution in [1.29, 1.82) is 0 Å². The third kappa shape index (κ3) is 2.96. The van der Waals surface area contributed by atoms with Crippen molar-refractivity contribution in [3.8, 4) is 5.75 Å². The molecule has 92 valence electrons. The zero-order valence-electron chi connectivity index (χ0n) is 10.0. The lowest BCUT2D eigenvalue weighted by Gasteiger charge is -2.11. The van der Waals surface area contributed by atoms with E-state index >= 15 is 0 Å². The van der Waals surface area contributed by atoms with Gasteiger partial charge in [0.1, 0.15) is 5.75 Å². The molecule has 2 N–H and O–H groups in total. The first kappa shape index (κ1) is 11.9. The minimum atomic E-state index is -0.218. The molecule has 1 heterocycles. The third-order valence-corrected chi connectivity index (χ3v) is 3.40. The first-order valence-corrected chi connectivity index (χ1v) is 6.08. The molecule has 0 radical (unpaired) electrons. The second-order valence-electron chi connectivity index (χ2n) is 4.89. The summed E-state index contributed by atoms with van der Waals surface area (Å²) in [5.41, 5.74) is 0.297. The number of pyridine rings is 1. The maximum atomic E-state index is 11.8. The quantitative estimate of drug-likeness (QED) is 0.840. The van der Waals surface area contributed by atoms with Crippen LogP contribution in [-0.2, 0) is 0 Å². The van der Waals surface area contributed by atoms with Gasteiger partial charge in [0, 0.05) is 12.7 Å². The van der Waals surface area contributed by atoms with Crippen molar-refractivity contribution in [2.45, 2.75) is 26.2 Å². The molecule has 1 saturated carbocycles. The number of aromatic nitrogens is 1. The SMILES string of the molecule is CC1CCC(CNC(=O)c2ccncc2O)C1. The normalized spacial score (nSPS) is 23.6. The summed E-state index contributed by atoms with van der Waals surface area (Å²) in [4.78, 5) is 15.5. The van der Waals surface area contributed by atoms with Gasteiger partial charge in [0.2, 0.25) is 0 Å². The molecule has 17 heavy (non-hydrogen) atoms. The molecule has 4 nitrogen and oxygen atoms in total. The van der Waals surface area contributed by atoms with E-state index in [2.05, 4.69) is 17.2 Å². The lowest BCUT2D eigenvalue weighted by Crippen LogP contribution is -2.28. The number of nitrogens with one attached hydrogen (secondary N) is 1. The molecule has 2 rings (SSSR count). The van der Waals surface area contributed by atoms with Gasteiger partial charge in [0.25, 0.3) is 5.91 Å². The van der Waals surface area contributed by atoms with E-state index in [1.54, 1.807) is 0 Å². The summed E-state index contributed by atoms with van der Waals surface area (Å²) in [7, 11) is 0. The van der Waals surface area contributed by atoms with Crippen molar-refractivity contribution in [2.24, 2.45) is 11.8 Å². The van der Waals surface area contributed by atoms with E-state index in [9.17, 15) is 9.90 Å². The molecule has 1 fully saturated rings. The lowest BCUT2D eigenvalue weighted by atomic mass is 10.1. The van der Waals surface area contributed by atoms with Crippen LogP contribution < -0.4 is 5.32 Å². The average Bonchev–Trinajstić information content (AvgIpc) is 2.73. The van der Waals surface area contributed by atoms with Gasteiger partial charge in [-0.25, -0.2) is 0 Å². The van der Waals surface area contributed by atoms with E-state index in [1.165, 1.54) is 37.7 Å². The van der Waals surface area contributed by atoms with Crippen molar-refractivity contribution in [2.75, 3.05) is 6.54 Å². The summed E-state index contributed by atoms with van der Waals surface area (Å²) < 4.78 is 0. The van der Waals surface area contributed by atoms with Crippen LogP contribution in [0.25, 0.3) is 0 Å². The van der Waals surface area contributed by atoms with E-state index in [-0.39, 0.29) is 11.7 Å². The molecule has 1 aromatic rings. The molecule has 2 unspecified atom stereocenters.